The minimum atomic E-state index is -0.278. The number of hydrogen-bond acceptors (Lipinski definition) is 7. The molecule has 2 amide bonds. The van der Waals surface area contributed by atoms with E-state index in [2.05, 4.69) is 15.5 Å². The third-order valence-corrected chi connectivity index (χ3v) is 4.64. The maximum Gasteiger partial charge on any atom is 0.409 e. The average Bonchev–Trinajstić information content (AvgIpc) is 3.18. The number of carbonyl (C=O) groups excluding carboxylic acids is 2. The molecule has 8 nitrogen and oxygen atoms in total. The van der Waals surface area contributed by atoms with Crippen LogP contribution in [0, 0.1) is 0 Å². The van der Waals surface area contributed by atoms with Crippen molar-refractivity contribution in [1.82, 2.24) is 15.1 Å². The zero-order valence-corrected chi connectivity index (χ0v) is 14.7. The first-order valence-electron chi connectivity index (χ1n) is 8.02. The summed E-state index contributed by atoms with van der Waals surface area (Å²) >= 11 is 1.37. The van der Waals surface area contributed by atoms with Crippen LogP contribution in [0.5, 0.6) is 0 Å². The van der Waals surface area contributed by atoms with E-state index in [0.717, 1.165) is 5.82 Å². The highest BCUT2D eigenvalue weighted by Gasteiger charge is 2.22. The van der Waals surface area contributed by atoms with Gasteiger partial charge in [-0.3, -0.25) is 4.79 Å². The van der Waals surface area contributed by atoms with Crippen molar-refractivity contribution in [2.75, 3.05) is 43.0 Å². The predicted molar refractivity (Wildman–Crippen MR) is 95.1 cm³/mol. The van der Waals surface area contributed by atoms with Gasteiger partial charge in [-0.15, -0.1) is 21.5 Å². The lowest BCUT2D eigenvalue weighted by molar-refractivity contribution is 0.102. The quantitative estimate of drug-likeness (QED) is 0.897. The molecule has 1 N–H and O–H groups in total. The number of anilines is 2. The molecule has 3 rings (SSSR count). The molecule has 1 saturated heterocycles. The smallest absolute Gasteiger partial charge is 0.409 e. The second kappa shape index (κ2) is 7.93. The summed E-state index contributed by atoms with van der Waals surface area (Å²) in [4.78, 5) is 28.0. The Bertz CT molecular complexity index is 712. The van der Waals surface area contributed by atoms with Crippen molar-refractivity contribution in [3.8, 4) is 0 Å². The third kappa shape index (κ3) is 4.24. The maximum atomic E-state index is 12.0. The largest absolute Gasteiger partial charge is 0.450 e. The second-order valence-corrected chi connectivity index (χ2v) is 6.33. The van der Waals surface area contributed by atoms with Crippen LogP contribution in [-0.4, -0.2) is 59.9 Å². The molecule has 0 atom stereocenters. The molecule has 0 saturated carbocycles. The van der Waals surface area contributed by atoms with Gasteiger partial charge in [-0.2, -0.15) is 0 Å². The number of rotatable bonds is 4. The first-order chi connectivity index (χ1) is 12.2. The van der Waals surface area contributed by atoms with Gasteiger partial charge in [0.25, 0.3) is 5.91 Å². The van der Waals surface area contributed by atoms with E-state index in [1.807, 2.05) is 22.4 Å². The molecule has 25 heavy (non-hydrogen) atoms. The van der Waals surface area contributed by atoms with E-state index >= 15 is 0 Å². The van der Waals surface area contributed by atoms with Crippen molar-refractivity contribution >= 4 is 35.0 Å². The fraction of sp³-hybridized carbons (Fsp3) is 0.375. The summed E-state index contributed by atoms with van der Waals surface area (Å²) in [5.41, 5.74) is 0. The van der Waals surface area contributed by atoms with Crippen molar-refractivity contribution < 1.29 is 14.3 Å². The normalized spacial score (nSPS) is 14.3. The van der Waals surface area contributed by atoms with Gasteiger partial charge in [0.05, 0.1) is 11.5 Å². The van der Waals surface area contributed by atoms with Gasteiger partial charge in [-0.05, 0) is 30.5 Å². The van der Waals surface area contributed by atoms with Gasteiger partial charge in [-0.25, -0.2) is 4.79 Å². The molecule has 1 fully saturated rings. The van der Waals surface area contributed by atoms with Crippen molar-refractivity contribution in [3.05, 3.63) is 34.5 Å². The highest BCUT2D eigenvalue weighted by atomic mass is 32.1. The van der Waals surface area contributed by atoms with Crippen LogP contribution < -0.4 is 10.2 Å². The van der Waals surface area contributed by atoms with E-state index in [1.54, 1.807) is 24.0 Å². The standard InChI is InChI=1S/C16H19N5O3S/c1-2-24-16(23)21-9-7-20(8-10-21)14-6-5-13(18-19-14)17-15(22)12-4-3-11-25-12/h3-6,11H,2,7-10H2,1H3,(H,17,18,22). The van der Waals surface area contributed by atoms with Crippen LogP contribution in [0.15, 0.2) is 29.6 Å². The summed E-state index contributed by atoms with van der Waals surface area (Å²) in [6.45, 7) is 4.66. The summed E-state index contributed by atoms with van der Waals surface area (Å²) in [6.07, 6.45) is -0.278. The van der Waals surface area contributed by atoms with E-state index in [9.17, 15) is 9.59 Å². The maximum absolute atomic E-state index is 12.0. The lowest BCUT2D eigenvalue weighted by atomic mass is 10.3. The predicted octanol–water partition coefficient (Wildman–Crippen LogP) is 2.07. The Morgan fingerprint density at radius 2 is 2.00 bits per heavy atom. The first kappa shape index (κ1) is 17.2. The van der Waals surface area contributed by atoms with Crippen LogP contribution in [0.25, 0.3) is 0 Å². The fourth-order valence-electron chi connectivity index (χ4n) is 2.48. The van der Waals surface area contributed by atoms with Crippen molar-refractivity contribution in [2.45, 2.75) is 6.92 Å². The number of nitrogens with one attached hydrogen (secondary N) is 1. The molecular weight excluding hydrogens is 342 g/mol. The molecule has 1 aliphatic rings. The molecule has 1 aliphatic heterocycles. The summed E-state index contributed by atoms with van der Waals surface area (Å²) in [5, 5.41) is 12.8. The molecule has 132 valence electrons. The average molecular weight is 361 g/mol. The number of piperazine rings is 1. The Labute approximate surface area is 149 Å². The van der Waals surface area contributed by atoms with Gasteiger partial charge in [-0.1, -0.05) is 6.07 Å². The Morgan fingerprint density at radius 3 is 2.60 bits per heavy atom. The van der Waals surface area contributed by atoms with Crippen LogP contribution in [0.3, 0.4) is 0 Å². The van der Waals surface area contributed by atoms with Gasteiger partial charge in [0.1, 0.15) is 0 Å². The molecular formula is C16H19N5O3S. The number of carbonyl (C=O) groups is 2. The first-order valence-corrected chi connectivity index (χ1v) is 8.90. The molecule has 0 spiro atoms. The monoisotopic (exact) mass is 361 g/mol. The number of thiophene rings is 1. The Kier molecular flexibility index (Phi) is 5.44. The Hall–Kier alpha value is -2.68. The zero-order valence-electron chi connectivity index (χ0n) is 13.8. The topological polar surface area (TPSA) is 87.7 Å². The zero-order chi connectivity index (χ0) is 17.6. The molecule has 0 radical (unpaired) electrons. The van der Waals surface area contributed by atoms with Crippen LogP contribution in [0.4, 0.5) is 16.4 Å². The van der Waals surface area contributed by atoms with E-state index in [-0.39, 0.29) is 12.0 Å². The number of amides is 2. The molecule has 0 aliphatic carbocycles. The number of hydrogen-bond donors (Lipinski definition) is 1. The van der Waals surface area contributed by atoms with E-state index < -0.39 is 0 Å². The van der Waals surface area contributed by atoms with Crippen LogP contribution >= 0.6 is 11.3 Å². The van der Waals surface area contributed by atoms with Crippen molar-refractivity contribution in [3.63, 3.8) is 0 Å². The molecule has 0 unspecified atom stereocenters. The summed E-state index contributed by atoms with van der Waals surface area (Å²) in [7, 11) is 0. The minimum absolute atomic E-state index is 0.194. The molecule has 2 aromatic rings. The fourth-order valence-corrected chi connectivity index (χ4v) is 3.10. The van der Waals surface area contributed by atoms with E-state index in [4.69, 9.17) is 4.74 Å². The number of ether oxygens (including phenoxy) is 1. The van der Waals surface area contributed by atoms with Crippen LogP contribution in [-0.2, 0) is 4.74 Å². The molecule has 9 heteroatoms. The molecule has 2 aromatic heterocycles. The van der Waals surface area contributed by atoms with Crippen molar-refractivity contribution in [1.29, 1.82) is 0 Å². The number of nitrogens with zero attached hydrogens (tertiary/aromatic N) is 4. The van der Waals surface area contributed by atoms with Gasteiger partial charge in [0.15, 0.2) is 11.6 Å². The third-order valence-electron chi connectivity index (χ3n) is 3.77. The lowest BCUT2D eigenvalue weighted by Gasteiger charge is -2.34. The SMILES string of the molecule is CCOC(=O)N1CCN(c2ccc(NC(=O)c3cccs3)nn2)CC1. The summed E-state index contributed by atoms with van der Waals surface area (Å²) in [5.74, 6) is 0.935. The molecule has 3 heterocycles. The highest BCUT2D eigenvalue weighted by molar-refractivity contribution is 7.12. The highest BCUT2D eigenvalue weighted by Crippen LogP contribution is 2.16. The Morgan fingerprint density at radius 1 is 1.20 bits per heavy atom. The number of aromatic nitrogens is 2. The van der Waals surface area contributed by atoms with Gasteiger partial charge >= 0.3 is 6.09 Å². The van der Waals surface area contributed by atoms with E-state index in [0.29, 0.717) is 43.5 Å². The van der Waals surface area contributed by atoms with E-state index in [1.165, 1.54) is 11.3 Å². The van der Waals surface area contributed by atoms with Crippen molar-refractivity contribution in [2.24, 2.45) is 0 Å². The van der Waals surface area contributed by atoms with Crippen LogP contribution in [0.1, 0.15) is 16.6 Å². The summed E-state index contributed by atoms with van der Waals surface area (Å²) in [6, 6.07) is 7.12. The van der Waals surface area contributed by atoms with Crippen LogP contribution in [0.2, 0.25) is 0 Å². The Balaban J connectivity index is 1.54. The molecule has 0 aromatic carbocycles. The second-order valence-electron chi connectivity index (χ2n) is 5.38. The molecule has 0 bridgehead atoms. The minimum Gasteiger partial charge on any atom is -0.450 e. The van der Waals surface area contributed by atoms with Gasteiger partial charge in [0, 0.05) is 26.2 Å². The van der Waals surface area contributed by atoms with Gasteiger partial charge < -0.3 is 19.9 Å². The van der Waals surface area contributed by atoms with Gasteiger partial charge in [0.2, 0.25) is 0 Å². The lowest BCUT2D eigenvalue weighted by Crippen LogP contribution is -2.49. The summed E-state index contributed by atoms with van der Waals surface area (Å²) < 4.78 is 5.01.